The van der Waals surface area contributed by atoms with Gasteiger partial charge in [-0.3, -0.25) is 25.0 Å². The van der Waals surface area contributed by atoms with Gasteiger partial charge in [0.15, 0.2) is 0 Å². The summed E-state index contributed by atoms with van der Waals surface area (Å²) >= 11 is 6.82. The van der Waals surface area contributed by atoms with Gasteiger partial charge in [-0.1, -0.05) is 78.3 Å². The number of carbonyl (C=O) groups is 2. The highest BCUT2D eigenvalue weighted by Crippen LogP contribution is 2.51. The number of hydrogen-bond acceptors (Lipinski definition) is 7. The van der Waals surface area contributed by atoms with E-state index in [0.29, 0.717) is 22.0 Å². The number of nitrogens with one attached hydrogen (secondary N) is 2. The number of halogens is 1. The maximum atomic E-state index is 14.3. The molecule has 0 saturated carbocycles. The van der Waals surface area contributed by atoms with Crippen molar-refractivity contribution < 1.29 is 24.0 Å². The summed E-state index contributed by atoms with van der Waals surface area (Å²) in [6, 6.07) is 27.6. The van der Waals surface area contributed by atoms with E-state index in [2.05, 4.69) is 10.3 Å². The quantitative estimate of drug-likeness (QED) is 0.0872. The van der Waals surface area contributed by atoms with E-state index < -0.39 is 41.5 Å². The Kier molecular flexibility index (Phi) is 8.14. The van der Waals surface area contributed by atoms with Crippen LogP contribution < -0.4 is 15.0 Å². The van der Waals surface area contributed by atoms with Crippen LogP contribution in [0.4, 0.5) is 5.69 Å². The molecule has 7 rings (SSSR count). The van der Waals surface area contributed by atoms with Gasteiger partial charge in [-0.05, 0) is 53.1 Å². The molecule has 4 aromatic carbocycles. The van der Waals surface area contributed by atoms with Crippen LogP contribution in [0.5, 0.6) is 5.75 Å². The molecule has 48 heavy (non-hydrogen) atoms. The second-order valence-corrected chi connectivity index (χ2v) is 12.6. The lowest BCUT2D eigenvalue weighted by atomic mass is 9.71. The van der Waals surface area contributed by atoms with Gasteiger partial charge in [0.05, 0.1) is 38.1 Å². The van der Waals surface area contributed by atoms with Crippen LogP contribution in [-0.4, -0.2) is 59.7 Å². The first-order chi connectivity index (χ1) is 23.3. The van der Waals surface area contributed by atoms with Gasteiger partial charge in [0, 0.05) is 39.2 Å². The SMILES string of the molecule is COC(=O)[C@]1(Cc2c[nH]c3ccccc23)N[C@H]([C@@H]2[C@H](c3ccccc3)C(=O)N2c2ccc(OC)cc2)[C@H]([N+](=O)[O-])[C@H]1c1ccccc1Cl. The lowest BCUT2D eigenvalue weighted by Gasteiger charge is -2.50. The van der Waals surface area contributed by atoms with Crippen LogP contribution in [0.1, 0.15) is 28.5 Å². The fraction of sp³-hybridized carbons (Fsp3) is 0.243. The van der Waals surface area contributed by atoms with Crippen molar-refractivity contribution in [3.8, 4) is 5.75 Å². The average Bonchev–Trinajstić information content (AvgIpc) is 3.67. The third kappa shape index (κ3) is 4.99. The van der Waals surface area contributed by atoms with E-state index in [4.69, 9.17) is 21.1 Å². The first-order valence-corrected chi connectivity index (χ1v) is 16.0. The van der Waals surface area contributed by atoms with E-state index in [0.717, 1.165) is 22.0 Å². The third-order valence-electron chi connectivity index (χ3n) is 9.86. The number of β-lactam (4-membered cyclic amide) rings is 1. The van der Waals surface area contributed by atoms with Crippen molar-refractivity contribution in [2.24, 2.45) is 0 Å². The molecular weight excluding hydrogens is 632 g/mol. The molecule has 3 heterocycles. The maximum Gasteiger partial charge on any atom is 0.327 e. The van der Waals surface area contributed by atoms with Crippen LogP contribution in [0.2, 0.25) is 5.02 Å². The molecule has 1 amide bonds. The highest BCUT2D eigenvalue weighted by molar-refractivity contribution is 6.31. The summed E-state index contributed by atoms with van der Waals surface area (Å²) in [5.41, 5.74) is 1.73. The van der Waals surface area contributed by atoms with E-state index >= 15 is 0 Å². The molecule has 244 valence electrons. The number of H-pyrrole nitrogens is 1. The molecule has 11 heteroatoms. The number of para-hydroxylation sites is 1. The van der Waals surface area contributed by atoms with Crippen LogP contribution in [0, 0.1) is 10.1 Å². The highest BCUT2D eigenvalue weighted by Gasteiger charge is 2.69. The number of hydrogen-bond donors (Lipinski definition) is 2. The smallest absolute Gasteiger partial charge is 0.327 e. The van der Waals surface area contributed by atoms with E-state index in [1.807, 2.05) is 60.8 Å². The number of rotatable bonds is 9. The number of nitrogens with zero attached hydrogens (tertiary/aromatic N) is 2. The summed E-state index contributed by atoms with van der Waals surface area (Å²) in [5.74, 6) is -2.06. The molecule has 0 unspecified atom stereocenters. The van der Waals surface area contributed by atoms with Gasteiger partial charge in [0.1, 0.15) is 11.3 Å². The number of methoxy groups -OCH3 is 2. The van der Waals surface area contributed by atoms with Gasteiger partial charge in [-0.2, -0.15) is 0 Å². The molecule has 2 saturated heterocycles. The van der Waals surface area contributed by atoms with Crippen LogP contribution in [0.3, 0.4) is 0 Å². The van der Waals surface area contributed by atoms with Crippen molar-refractivity contribution in [3.05, 3.63) is 141 Å². The molecule has 2 aliphatic heterocycles. The molecule has 2 N–H and O–H groups in total. The standard InChI is InChI=1S/C37H33ClN4O6/c1-47-25-18-16-24(17-19-25)41-33(30(35(41)43)22-10-4-3-5-11-22)32-34(42(45)46)31(27-13-6-8-14-28(27)38)37(40-32,36(44)48-2)20-23-21-39-29-15-9-7-12-26(23)29/h3-19,21,30-34,39-40H,20H2,1-2H3/t30-,31+,32+,33-,34+,37+/m0/s1. The van der Waals surface area contributed by atoms with E-state index in [1.165, 1.54) is 7.11 Å². The number of nitro groups is 1. The van der Waals surface area contributed by atoms with Crippen LogP contribution in [0.15, 0.2) is 109 Å². The lowest BCUT2D eigenvalue weighted by Crippen LogP contribution is -2.70. The Bertz CT molecular complexity index is 2000. The molecule has 2 fully saturated rings. The minimum absolute atomic E-state index is 0.0552. The Balaban J connectivity index is 1.44. The average molecular weight is 665 g/mol. The van der Waals surface area contributed by atoms with Crippen LogP contribution >= 0.6 is 11.6 Å². The van der Waals surface area contributed by atoms with Crippen molar-refractivity contribution in [2.45, 2.75) is 41.9 Å². The molecule has 2 aliphatic rings. The molecule has 1 aromatic heterocycles. The number of fused-ring (bicyclic) bond motifs is 1. The lowest BCUT2D eigenvalue weighted by molar-refractivity contribution is -0.527. The summed E-state index contributed by atoms with van der Waals surface area (Å²) < 4.78 is 10.8. The summed E-state index contributed by atoms with van der Waals surface area (Å²) in [5, 5.41) is 18.1. The van der Waals surface area contributed by atoms with Crippen LogP contribution in [0.25, 0.3) is 10.9 Å². The zero-order valence-electron chi connectivity index (χ0n) is 26.2. The number of benzene rings is 4. The summed E-state index contributed by atoms with van der Waals surface area (Å²) in [6.45, 7) is 0. The molecule has 0 radical (unpaired) electrons. The number of carbonyl (C=O) groups excluding carboxylic acids is 2. The van der Waals surface area contributed by atoms with Gasteiger partial charge in [-0.15, -0.1) is 0 Å². The van der Waals surface area contributed by atoms with E-state index in [1.54, 1.807) is 60.5 Å². The molecule has 6 atom stereocenters. The summed E-state index contributed by atoms with van der Waals surface area (Å²) in [7, 11) is 2.83. The fourth-order valence-electron chi connectivity index (χ4n) is 7.79. The van der Waals surface area contributed by atoms with Crippen molar-refractivity contribution in [1.82, 2.24) is 10.3 Å². The third-order valence-corrected chi connectivity index (χ3v) is 10.2. The number of amides is 1. The zero-order chi connectivity index (χ0) is 33.6. The molecule has 5 aromatic rings. The Morgan fingerprint density at radius 2 is 1.65 bits per heavy atom. The van der Waals surface area contributed by atoms with Gasteiger partial charge in [0.2, 0.25) is 11.9 Å². The summed E-state index contributed by atoms with van der Waals surface area (Å²) in [6.07, 6.45) is 1.87. The number of ether oxygens (including phenoxy) is 2. The van der Waals surface area contributed by atoms with Crippen molar-refractivity contribution >= 4 is 40.1 Å². The maximum absolute atomic E-state index is 14.3. The Morgan fingerprint density at radius 1 is 0.958 bits per heavy atom. The first kappa shape index (κ1) is 31.4. The minimum Gasteiger partial charge on any atom is -0.497 e. The van der Waals surface area contributed by atoms with Gasteiger partial charge in [0.25, 0.3) is 0 Å². The zero-order valence-corrected chi connectivity index (χ0v) is 27.0. The van der Waals surface area contributed by atoms with E-state index in [-0.39, 0.29) is 17.3 Å². The Labute approximate surface area is 281 Å². The number of aromatic nitrogens is 1. The molecule has 0 aliphatic carbocycles. The van der Waals surface area contributed by atoms with Gasteiger partial charge >= 0.3 is 5.97 Å². The molecule has 0 spiro atoms. The second-order valence-electron chi connectivity index (χ2n) is 12.2. The topological polar surface area (TPSA) is 127 Å². The normalized spacial score (nSPS) is 25.1. The Hall–Kier alpha value is -5.19. The predicted molar refractivity (Wildman–Crippen MR) is 182 cm³/mol. The molecule has 10 nitrogen and oxygen atoms in total. The highest BCUT2D eigenvalue weighted by atomic mass is 35.5. The fourth-order valence-corrected chi connectivity index (χ4v) is 8.04. The number of anilines is 1. The van der Waals surface area contributed by atoms with Crippen molar-refractivity contribution in [3.63, 3.8) is 0 Å². The molecular formula is C37H33ClN4O6. The number of aromatic amines is 1. The van der Waals surface area contributed by atoms with Crippen molar-refractivity contribution in [2.75, 3.05) is 19.1 Å². The second kappa shape index (κ2) is 12.4. The number of esters is 1. The van der Waals surface area contributed by atoms with E-state index in [9.17, 15) is 19.7 Å². The molecule has 0 bridgehead atoms. The monoisotopic (exact) mass is 664 g/mol. The van der Waals surface area contributed by atoms with Gasteiger partial charge < -0.3 is 19.4 Å². The largest absolute Gasteiger partial charge is 0.497 e. The predicted octanol–water partition coefficient (Wildman–Crippen LogP) is 5.88. The van der Waals surface area contributed by atoms with Crippen LogP contribution in [-0.2, 0) is 20.7 Å². The Morgan fingerprint density at radius 3 is 2.33 bits per heavy atom. The van der Waals surface area contributed by atoms with Crippen molar-refractivity contribution in [1.29, 1.82) is 0 Å². The minimum atomic E-state index is -1.64. The van der Waals surface area contributed by atoms with Gasteiger partial charge in [-0.25, -0.2) is 0 Å². The summed E-state index contributed by atoms with van der Waals surface area (Å²) in [4.78, 5) is 46.4. The first-order valence-electron chi connectivity index (χ1n) is 15.6.